The van der Waals surface area contributed by atoms with Gasteiger partial charge in [-0.15, -0.1) is 0 Å². The van der Waals surface area contributed by atoms with Crippen molar-refractivity contribution in [1.29, 1.82) is 0 Å². The van der Waals surface area contributed by atoms with Gasteiger partial charge >= 0.3 is 7.60 Å². The van der Waals surface area contributed by atoms with Crippen molar-refractivity contribution in [2.75, 3.05) is 12.1 Å². The second-order valence-electron chi connectivity index (χ2n) is 7.18. The van der Waals surface area contributed by atoms with Gasteiger partial charge in [-0.05, 0) is 40.5 Å². The smallest absolute Gasteiger partial charge is 0.356 e. The summed E-state index contributed by atoms with van der Waals surface area (Å²) in [7, 11) is -3.33. The summed E-state index contributed by atoms with van der Waals surface area (Å²) in [5.41, 5.74) is 6.65. The summed E-state index contributed by atoms with van der Waals surface area (Å²) >= 11 is 0. The van der Waals surface area contributed by atoms with E-state index in [9.17, 15) is 4.57 Å². The molecule has 0 atom stereocenters. The van der Waals surface area contributed by atoms with Crippen molar-refractivity contribution < 1.29 is 18.3 Å². The van der Waals surface area contributed by atoms with E-state index in [2.05, 4.69) is 15.0 Å². The largest absolute Gasteiger partial charge is 0.382 e. The fourth-order valence-corrected chi connectivity index (χ4v) is 4.64. The zero-order valence-electron chi connectivity index (χ0n) is 15.6. The van der Waals surface area contributed by atoms with Gasteiger partial charge in [0, 0.05) is 0 Å². The van der Waals surface area contributed by atoms with E-state index in [1.807, 2.05) is 32.3 Å². The molecule has 0 aliphatic heterocycles. The molecular weight excluding hydrogens is 357 g/mol. The highest BCUT2D eigenvalue weighted by molar-refractivity contribution is 7.53. The van der Waals surface area contributed by atoms with Crippen LogP contribution in [0.25, 0.3) is 11.2 Å². The molecule has 0 aromatic carbocycles. The molecule has 2 N–H and O–H groups in total. The van der Waals surface area contributed by atoms with Crippen molar-refractivity contribution in [3.63, 3.8) is 0 Å². The first-order chi connectivity index (χ1) is 12.2. The summed E-state index contributed by atoms with van der Waals surface area (Å²) in [5, 5.41) is 0. The summed E-state index contributed by atoms with van der Waals surface area (Å²) in [6, 6.07) is 0. The Bertz CT molecular complexity index is 804. The Morgan fingerprint density at radius 1 is 1.19 bits per heavy atom. The predicted molar refractivity (Wildman–Crippen MR) is 97.7 cm³/mol. The van der Waals surface area contributed by atoms with Gasteiger partial charge in [-0.25, -0.2) is 15.0 Å². The van der Waals surface area contributed by atoms with E-state index in [1.165, 1.54) is 6.33 Å². The van der Waals surface area contributed by atoms with E-state index >= 15 is 0 Å². The number of hydrogen-bond acceptors (Lipinski definition) is 8. The first-order valence-corrected chi connectivity index (χ1v) is 10.5. The summed E-state index contributed by atoms with van der Waals surface area (Å²) in [6.07, 6.45) is 4.30. The maximum absolute atomic E-state index is 12.9. The van der Waals surface area contributed by atoms with Crippen LogP contribution in [0.4, 0.5) is 5.82 Å². The average Bonchev–Trinajstić information content (AvgIpc) is 3.17. The molecule has 0 radical (unpaired) electrons. The number of nitrogens with zero attached hydrogens (tertiary/aromatic N) is 4. The second-order valence-corrected chi connectivity index (χ2v) is 9.08. The molecule has 0 bridgehead atoms. The van der Waals surface area contributed by atoms with Crippen LogP contribution in [0.15, 0.2) is 12.7 Å². The molecule has 1 fully saturated rings. The standard InChI is InChI=1S/C16H26N5O4P/c1-11(2)24-26(22,25-12(3)4)10-23-16(5-6-16)7-21-9-20-13-14(17)18-8-19-15(13)21/h8-9,11-12H,5-7,10H2,1-4H3,(H2,17,18,19). The van der Waals surface area contributed by atoms with E-state index in [4.69, 9.17) is 19.5 Å². The zero-order chi connectivity index (χ0) is 18.9. The van der Waals surface area contributed by atoms with Crippen LogP contribution in [0.5, 0.6) is 0 Å². The topological polar surface area (TPSA) is 114 Å². The lowest BCUT2D eigenvalue weighted by atomic mass is 10.3. The van der Waals surface area contributed by atoms with Crippen molar-refractivity contribution in [2.24, 2.45) is 0 Å². The van der Waals surface area contributed by atoms with Crippen LogP contribution in [0.3, 0.4) is 0 Å². The minimum Gasteiger partial charge on any atom is -0.382 e. The Balaban J connectivity index is 1.70. The van der Waals surface area contributed by atoms with Crippen molar-refractivity contribution in [3.05, 3.63) is 12.7 Å². The fraction of sp³-hybridized carbons (Fsp3) is 0.688. The quantitative estimate of drug-likeness (QED) is 0.657. The number of fused-ring (bicyclic) bond motifs is 1. The second kappa shape index (κ2) is 7.23. The molecule has 10 heteroatoms. The van der Waals surface area contributed by atoms with Crippen LogP contribution in [-0.2, 0) is 24.9 Å². The normalized spacial score (nSPS) is 16.7. The molecule has 3 rings (SSSR count). The molecule has 9 nitrogen and oxygen atoms in total. The Hall–Kier alpha value is -1.54. The number of nitrogen functional groups attached to an aromatic ring is 1. The highest BCUT2D eigenvalue weighted by Crippen LogP contribution is 2.53. The highest BCUT2D eigenvalue weighted by atomic mass is 31.2. The molecule has 1 aliphatic rings. The van der Waals surface area contributed by atoms with Crippen LogP contribution in [0, 0.1) is 0 Å². The molecule has 0 amide bonds. The maximum atomic E-state index is 12.9. The van der Waals surface area contributed by atoms with Gasteiger partial charge in [0.25, 0.3) is 0 Å². The van der Waals surface area contributed by atoms with Gasteiger partial charge < -0.3 is 24.1 Å². The van der Waals surface area contributed by atoms with Gasteiger partial charge in [0.05, 0.1) is 30.7 Å². The molecule has 0 spiro atoms. The number of ether oxygens (including phenoxy) is 1. The van der Waals surface area contributed by atoms with Crippen LogP contribution >= 0.6 is 7.60 Å². The molecular formula is C16H26N5O4P. The summed E-state index contributed by atoms with van der Waals surface area (Å²) in [5.74, 6) is 0.347. The third-order valence-electron chi connectivity index (χ3n) is 3.97. The highest BCUT2D eigenvalue weighted by Gasteiger charge is 2.47. The van der Waals surface area contributed by atoms with Gasteiger partial charge in [-0.3, -0.25) is 4.57 Å². The monoisotopic (exact) mass is 383 g/mol. The minimum absolute atomic E-state index is 0.0763. The number of anilines is 1. The number of nitrogens with two attached hydrogens (primary N) is 1. The minimum atomic E-state index is -3.33. The molecule has 1 saturated carbocycles. The zero-order valence-corrected chi connectivity index (χ0v) is 16.5. The number of aromatic nitrogens is 4. The van der Waals surface area contributed by atoms with E-state index in [-0.39, 0.29) is 18.6 Å². The molecule has 2 aromatic rings. The first kappa shape index (κ1) is 19.2. The van der Waals surface area contributed by atoms with Crippen LogP contribution < -0.4 is 5.73 Å². The maximum Gasteiger partial charge on any atom is 0.356 e. The predicted octanol–water partition coefficient (Wildman–Crippen LogP) is 2.96. The number of hydrogen-bond donors (Lipinski definition) is 1. The SMILES string of the molecule is CC(C)OP(=O)(COC1(Cn2cnc3c(N)ncnc32)CC1)OC(C)C. The van der Waals surface area contributed by atoms with Crippen LogP contribution in [0.1, 0.15) is 40.5 Å². The van der Waals surface area contributed by atoms with E-state index in [0.717, 1.165) is 12.8 Å². The van der Waals surface area contributed by atoms with Crippen molar-refractivity contribution in [3.8, 4) is 0 Å². The first-order valence-electron chi connectivity index (χ1n) is 8.73. The van der Waals surface area contributed by atoms with Gasteiger partial charge in [-0.2, -0.15) is 0 Å². The Labute approximate surface area is 152 Å². The van der Waals surface area contributed by atoms with E-state index in [1.54, 1.807) is 6.33 Å². The average molecular weight is 383 g/mol. The van der Waals surface area contributed by atoms with E-state index in [0.29, 0.717) is 23.5 Å². The lowest BCUT2D eigenvalue weighted by molar-refractivity contribution is 0.0277. The number of imidazole rings is 1. The lowest BCUT2D eigenvalue weighted by Crippen LogP contribution is -2.24. The van der Waals surface area contributed by atoms with Crippen molar-refractivity contribution in [2.45, 2.75) is 64.9 Å². The van der Waals surface area contributed by atoms with Gasteiger partial charge in [-0.1, -0.05) is 0 Å². The molecule has 2 heterocycles. The molecule has 0 saturated heterocycles. The summed E-state index contributed by atoms with van der Waals surface area (Å²) in [4.78, 5) is 12.5. The molecule has 26 heavy (non-hydrogen) atoms. The fourth-order valence-electron chi connectivity index (χ4n) is 2.76. The van der Waals surface area contributed by atoms with Gasteiger partial charge in [0.1, 0.15) is 18.2 Å². The van der Waals surface area contributed by atoms with Crippen LogP contribution in [-0.4, -0.2) is 43.7 Å². The van der Waals surface area contributed by atoms with Crippen molar-refractivity contribution >= 4 is 24.6 Å². The number of rotatable bonds is 9. The van der Waals surface area contributed by atoms with Crippen LogP contribution in [0.2, 0.25) is 0 Å². The van der Waals surface area contributed by atoms with Crippen molar-refractivity contribution in [1.82, 2.24) is 19.5 Å². The third-order valence-corrected chi connectivity index (χ3v) is 5.90. The summed E-state index contributed by atoms with van der Waals surface area (Å²) < 4.78 is 31.9. The Morgan fingerprint density at radius 3 is 2.42 bits per heavy atom. The molecule has 2 aromatic heterocycles. The van der Waals surface area contributed by atoms with Gasteiger partial charge in [0.15, 0.2) is 11.5 Å². The molecule has 0 unspecified atom stereocenters. The Morgan fingerprint density at radius 2 is 1.85 bits per heavy atom. The lowest BCUT2D eigenvalue weighted by Gasteiger charge is -2.25. The van der Waals surface area contributed by atoms with E-state index < -0.39 is 13.2 Å². The Kier molecular flexibility index (Phi) is 5.35. The summed E-state index contributed by atoms with van der Waals surface area (Å²) in [6.45, 7) is 7.84. The van der Waals surface area contributed by atoms with Gasteiger partial charge in [0.2, 0.25) is 0 Å². The molecule has 1 aliphatic carbocycles. The third kappa shape index (κ3) is 4.40. The molecule has 144 valence electrons.